The van der Waals surface area contributed by atoms with E-state index in [9.17, 15) is 31.5 Å². The molecule has 0 spiro atoms. The van der Waals surface area contributed by atoms with E-state index in [0.717, 1.165) is 12.1 Å². The van der Waals surface area contributed by atoms with E-state index >= 15 is 0 Å². The van der Waals surface area contributed by atoms with Crippen LogP contribution in [0.5, 0.6) is 0 Å². The van der Waals surface area contributed by atoms with Gasteiger partial charge in [-0.25, -0.2) is 9.97 Å². The van der Waals surface area contributed by atoms with E-state index in [1.165, 1.54) is 18.2 Å². The number of aromatic nitrogens is 2. The van der Waals surface area contributed by atoms with Crippen molar-refractivity contribution in [2.45, 2.75) is 43.9 Å². The van der Waals surface area contributed by atoms with E-state index in [-0.39, 0.29) is 28.3 Å². The third kappa shape index (κ3) is 5.13. The standard InChI is InChI=1S/C24H23F3N4O4S/c1-14-6-3-4-7-16(14)21-17(24(25,26)27)10-11-19(30-21)31-36(34,35)20-9-5-8-18(29-20)28-15-12-23(2,13-15)22(32)33/h3-11,15H,12-13H2,1-2H3,(H,28,29)(H,30,31)(H,32,33). The molecule has 1 aromatic carbocycles. The number of benzene rings is 1. The molecule has 1 fully saturated rings. The highest BCUT2D eigenvalue weighted by Crippen LogP contribution is 2.42. The number of rotatable bonds is 7. The number of alkyl halides is 3. The number of nitrogens with one attached hydrogen (secondary N) is 2. The zero-order valence-corrected chi connectivity index (χ0v) is 20.1. The second-order valence-corrected chi connectivity index (χ2v) is 10.6. The van der Waals surface area contributed by atoms with Gasteiger partial charge in [0.25, 0.3) is 10.0 Å². The lowest BCUT2D eigenvalue weighted by molar-refractivity contribution is -0.153. The van der Waals surface area contributed by atoms with Crippen LogP contribution in [0.15, 0.2) is 59.6 Å². The number of carboxylic acids is 1. The maximum atomic E-state index is 13.6. The van der Waals surface area contributed by atoms with Crippen LogP contribution in [0.4, 0.5) is 24.8 Å². The van der Waals surface area contributed by atoms with Crippen molar-refractivity contribution in [1.29, 1.82) is 0 Å². The number of hydrogen-bond acceptors (Lipinski definition) is 6. The highest BCUT2D eigenvalue weighted by Gasteiger charge is 2.46. The molecule has 3 N–H and O–H groups in total. The average molecular weight is 521 g/mol. The first-order valence-corrected chi connectivity index (χ1v) is 12.4. The van der Waals surface area contributed by atoms with Crippen LogP contribution in [0.25, 0.3) is 11.3 Å². The van der Waals surface area contributed by atoms with Gasteiger partial charge in [0.1, 0.15) is 11.6 Å². The van der Waals surface area contributed by atoms with Crippen LogP contribution < -0.4 is 10.0 Å². The molecule has 0 aliphatic heterocycles. The minimum atomic E-state index is -4.69. The van der Waals surface area contributed by atoms with E-state index in [1.807, 2.05) is 0 Å². The molecule has 190 valence electrons. The van der Waals surface area contributed by atoms with Gasteiger partial charge in [0.15, 0.2) is 5.03 Å². The summed E-state index contributed by atoms with van der Waals surface area (Å²) in [6.45, 7) is 3.27. The van der Waals surface area contributed by atoms with Crippen LogP contribution in [0.1, 0.15) is 30.9 Å². The van der Waals surface area contributed by atoms with Crippen LogP contribution >= 0.6 is 0 Å². The molecule has 1 saturated carbocycles. The van der Waals surface area contributed by atoms with Crippen molar-refractivity contribution >= 4 is 27.6 Å². The molecule has 3 aromatic rings. The Hall–Kier alpha value is -3.67. The van der Waals surface area contributed by atoms with Crippen molar-refractivity contribution in [3.05, 3.63) is 65.7 Å². The van der Waals surface area contributed by atoms with Crippen LogP contribution in [0.3, 0.4) is 0 Å². The molecule has 4 rings (SSSR count). The van der Waals surface area contributed by atoms with Gasteiger partial charge in [-0.2, -0.15) is 21.6 Å². The third-order valence-electron chi connectivity index (χ3n) is 6.10. The van der Waals surface area contributed by atoms with Crippen LogP contribution in [-0.2, 0) is 21.0 Å². The number of aliphatic carboxylic acids is 1. The minimum Gasteiger partial charge on any atom is -0.481 e. The van der Waals surface area contributed by atoms with Crippen LogP contribution in [-0.4, -0.2) is 35.5 Å². The number of nitrogens with zero attached hydrogens (tertiary/aromatic N) is 2. The number of carboxylic acid groups (broad SMARTS) is 1. The molecule has 0 saturated heterocycles. The SMILES string of the molecule is Cc1ccccc1-c1nc(NS(=O)(=O)c2cccc(NC3CC(C)(C(=O)O)C3)n2)ccc1C(F)(F)F. The zero-order valence-electron chi connectivity index (χ0n) is 19.3. The van der Waals surface area contributed by atoms with E-state index in [4.69, 9.17) is 0 Å². The summed E-state index contributed by atoms with van der Waals surface area (Å²) < 4.78 is 69.1. The van der Waals surface area contributed by atoms with E-state index in [1.54, 1.807) is 38.1 Å². The Kier molecular flexibility index (Phi) is 6.41. The Bertz CT molecular complexity index is 1420. The number of halogens is 3. The fourth-order valence-electron chi connectivity index (χ4n) is 4.14. The quantitative estimate of drug-likeness (QED) is 0.404. The third-order valence-corrected chi connectivity index (χ3v) is 7.36. The second kappa shape index (κ2) is 9.08. The molecule has 8 nitrogen and oxygen atoms in total. The van der Waals surface area contributed by atoms with Gasteiger partial charge in [-0.05, 0) is 56.5 Å². The molecular formula is C24H23F3N4O4S. The van der Waals surface area contributed by atoms with Crippen LogP contribution in [0.2, 0.25) is 0 Å². The topological polar surface area (TPSA) is 121 Å². The fraction of sp³-hybridized carbons (Fsp3) is 0.292. The summed E-state index contributed by atoms with van der Waals surface area (Å²) in [5, 5.41) is 11.9. The molecule has 0 bridgehead atoms. The number of carbonyl (C=O) groups is 1. The predicted octanol–water partition coefficient (Wildman–Crippen LogP) is 4.94. The van der Waals surface area contributed by atoms with E-state index < -0.39 is 38.8 Å². The van der Waals surface area contributed by atoms with Gasteiger partial charge in [0.05, 0.1) is 16.7 Å². The Morgan fingerprint density at radius 3 is 2.36 bits per heavy atom. The molecule has 2 heterocycles. The van der Waals surface area contributed by atoms with Crippen molar-refractivity contribution in [1.82, 2.24) is 9.97 Å². The fourth-order valence-corrected chi connectivity index (χ4v) is 5.11. The zero-order chi connectivity index (χ0) is 26.3. The van der Waals surface area contributed by atoms with Crippen LogP contribution in [0, 0.1) is 12.3 Å². The predicted molar refractivity (Wildman–Crippen MR) is 127 cm³/mol. The van der Waals surface area contributed by atoms with Gasteiger partial charge in [-0.3, -0.25) is 9.52 Å². The summed E-state index contributed by atoms with van der Waals surface area (Å²) in [4.78, 5) is 19.4. The summed E-state index contributed by atoms with van der Waals surface area (Å²) in [7, 11) is -4.29. The Morgan fingerprint density at radius 2 is 1.72 bits per heavy atom. The van der Waals surface area contributed by atoms with Gasteiger partial charge in [0.2, 0.25) is 0 Å². The van der Waals surface area contributed by atoms with E-state index in [0.29, 0.717) is 18.4 Å². The maximum Gasteiger partial charge on any atom is 0.418 e. The Labute approximate surface area is 205 Å². The lowest BCUT2D eigenvalue weighted by Gasteiger charge is -2.42. The smallest absolute Gasteiger partial charge is 0.418 e. The highest BCUT2D eigenvalue weighted by molar-refractivity contribution is 7.92. The van der Waals surface area contributed by atoms with Gasteiger partial charge in [0, 0.05) is 11.6 Å². The molecule has 0 atom stereocenters. The lowest BCUT2D eigenvalue weighted by Crippen LogP contribution is -2.48. The number of anilines is 2. The van der Waals surface area contributed by atoms with Crippen molar-refractivity contribution in [3.63, 3.8) is 0 Å². The molecule has 2 aromatic heterocycles. The molecule has 1 aliphatic carbocycles. The van der Waals surface area contributed by atoms with Crippen molar-refractivity contribution in [3.8, 4) is 11.3 Å². The second-order valence-electron chi connectivity index (χ2n) is 8.99. The van der Waals surface area contributed by atoms with Crippen molar-refractivity contribution in [2.75, 3.05) is 10.0 Å². The molecule has 36 heavy (non-hydrogen) atoms. The highest BCUT2D eigenvalue weighted by atomic mass is 32.2. The number of aryl methyl sites for hydroxylation is 1. The first-order chi connectivity index (χ1) is 16.8. The molecule has 0 unspecified atom stereocenters. The first-order valence-electron chi connectivity index (χ1n) is 10.9. The monoisotopic (exact) mass is 520 g/mol. The molecule has 12 heteroatoms. The lowest BCUT2D eigenvalue weighted by atomic mass is 9.67. The molecule has 0 amide bonds. The summed E-state index contributed by atoms with van der Waals surface area (Å²) in [5.41, 5.74) is -1.45. The number of pyridine rings is 2. The number of sulfonamides is 1. The Balaban J connectivity index is 1.59. The van der Waals surface area contributed by atoms with E-state index in [2.05, 4.69) is 20.0 Å². The van der Waals surface area contributed by atoms with Crippen molar-refractivity contribution < 1.29 is 31.5 Å². The summed E-state index contributed by atoms with van der Waals surface area (Å²) in [6, 6.07) is 12.2. The van der Waals surface area contributed by atoms with Gasteiger partial charge in [-0.1, -0.05) is 30.3 Å². The summed E-state index contributed by atoms with van der Waals surface area (Å²) in [6.07, 6.45) is -3.98. The Morgan fingerprint density at radius 1 is 1.03 bits per heavy atom. The minimum absolute atomic E-state index is 0.183. The normalized spacial score (nSPS) is 19.9. The first kappa shape index (κ1) is 25.4. The number of hydrogen-bond donors (Lipinski definition) is 3. The van der Waals surface area contributed by atoms with Crippen molar-refractivity contribution in [2.24, 2.45) is 5.41 Å². The van der Waals surface area contributed by atoms with Gasteiger partial charge in [-0.15, -0.1) is 0 Å². The molecule has 0 radical (unpaired) electrons. The van der Waals surface area contributed by atoms with Gasteiger partial charge >= 0.3 is 12.1 Å². The molecule has 1 aliphatic rings. The van der Waals surface area contributed by atoms with Gasteiger partial charge < -0.3 is 10.4 Å². The largest absolute Gasteiger partial charge is 0.481 e. The summed E-state index contributed by atoms with van der Waals surface area (Å²) >= 11 is 0. The summed E-state index contributed by atoms with van der Waals surface area (Å²) in [5.74, 6) is -0.961. The molecular weight excluding hydrogens is 497 g/mol. The average Bonchev–Trinajstić information content (AvgIpc) is 2.77. The maximum absolute atomic E-state index is 13.6.